The number of carbonyl (C=O) groups is 1. The third-order valence-corrected chi connectivity index (χ3v) is 6.67. The summed E-state index contributed by atoms with van der Waals surface area (Å²) in [6.45, 7) is 9.58. The van der Waals surface area contributed by atoms with Crippen LogP contribution in [-0.4, -0.2) is 51.4 Å². The predicted molar refractivity (Wildman–Crippen MR) is 136 cm³/mol. The van der Waals surface area contributed by atoms with Crippen LogP contribution < -0.4 is 10.2 Å². The van der Waals surface area contributed by atoms with Crippen molar-refractivity contribution in [1.29, 1.82) is 5.26 Å². The van der Waals surface area contributed by atoms with Gasteiger partial charge in [-0.25, -0.2) is 9.97 Å². The number of hydrogen-bond acceptors (Lipinski definition) is 7. The fourth-order valence-electron chi connectivity index (χ4n) is 4.96. The van der Waals surface area contributed by atoms with E-state index in [-0.39, 0.29) is 24.0 Å². The van der Waals surface area contributed by atoms with Crippen LogP contribution in [0.1, 0.15) is 53.6 Å². The fourth-order valence-corrected chi connectivity index (χ4v) is 4.96. The Bertz CT molecular complexity index is 1380. The minimum Gasteiger partial charge on any atom is -0.372 e. The Hall–Kier alpha value is -4.03. The highest BCUT2D eigenvalue weighted by Gasteiger charge is 2.27. The number of hydrogen-bond donors (Lipinski definition) is 2. The molecule has 1 aliphatic heterocycles. The summed E-state index contributed by atoms with van der Waals surface area (Å²) in [5, 5.41) is 19.9. The van der Waals surface area contributed by atoms with Crippen molar-refractivity contribution in [3.05, 3.63) is 64.4 Å². The van der Waals surface area contributed by atoms with Gasteiger partial charge in [0.2, 0.25) is 0 Å². The molecule has 5 rings (SSSR count). The number of fused-ring (bicyclic) bond motifs is 1. The zero-order chi connectivity index (χ0) is 25.4. The number of pyridine rings is 2. The minimum absolute atomic E-state index is 0.0952. The van der Waals surface area contributed by atoms with Gasteiger partial charge in [0.25, 0.3) is 5.91 Å². The van der Waals surface area contributed by atoms with Crippen molar-refractivity contribution >= 4 is 17.8 Å². The molecule has 1 aliphatic carbocycles. The molecule has 2 aliphatic rings. The molecule has 184 valence electrons. The molecule has 3 aromatic heterocycles. The van der Waals surface area contributed by atoms with Crippen LogP contribution in [0.4, 0.5) is 5.82 Å². The van der Waals surface area contributed by atoms with Gasteiger partial charge in [-0.05, 0) is 57.0 Å². The molecule has 9 heteroatoms. The number of amides is 1. The molecule has 2 N–H and O–H groups in total. The number of nitrogens with one attached hydrogen (secondary N) is 2. The molecule has 0 bridgehead atoms. The highest BCUT2D eigenvalue weighted by Crippen LogP contribution is 2.34. The third-order valence-electron chi connectivity index (χ3n) is 6.67. The lowest BCUT2D eigenvalue weighted by atomic mass is 9.90. The molecule has 9 nitrogen and oxygen atoms in total. The Morgan fingerprint density at radius 1 is 1.22 bits per heavy atom. The van der Waals surface area contributed by atoms with Crippen LogP contribution >= 0.6 is 0 Å². The van der Waals surface area contributed by atoms with Crippen LogP contribution in [0.25, 0.3) is 17.3 Å². The van der Waals surface area contributed by atoms with E-state index in [1.54, 1.807) is 13.0 Å². The maximum absolute atomic E-state index is 13.0. The Balaban J connectivity index is 1.43. The zero-order valence-electron chi connectivity index (χ0n) is 20.9. The number of anilines is 1. The smallest absolute Gasteiger partial charge is 0.274 e. The van der Waals surface area contributed by atoms with Gasteiger partial charge in [0.1, 0.15) is 17.6 Å². The summed E-state index contributed by atoms with van der Waals surface area (Å²) < 4.78 is 5.87. The Labute approximate surface area is 210 Å². The van der Waals surface area contributed by atoms with Gasteiger partial charge in [-0.3, -0.25) is 9.89 Å². The number of morpholine rings is 1. The molecule has 0 saturated carbocycles. The number of ether oxygens (including phenoxy) is 1. The van der Waals surface area contributed by atoms with Crippen molar-refractivity contribution in [2.24, 2.45) is 5.92 Å². The average Bonchev–Trinajstić information content (AvgIpc) is 3.26. The van der Waals surface area contributed by atoms with Gasteiger partial charge in [-0.2, -0.15) is 10.4 Å². The second kappa shape index (κ2) is 9.55. The number of rotatable bonds is 4. The van der Waals surface area contributed by atoms with Gasteiger partial charge in [0, 0.05) is 53.9 Å². The molecule has 4 heterocycles. The molecule has 0 radical (unpaired) electrons. The Morgan fingerprint density at radius 3 is 2.72 bits per heavy atom. The summed E-state index contributed by atoms with van der Waals surface area (Å²) in [4.78, 5) is 24.1. The molecule has 36 heavy (non-hydrogen) atoms. The SMILES string of the molecule is Cc1cc(C#N)cnc1C(=O)NC1=Cc2c(-c3ccnc(N4C[C@@H](C)O[C@@H](C)C4)c3)n[nH]c2CC1C. The first-order valence-corrected chi connectivity index (χ1v) is 12.2. The first-order valence-electron chi connectivity index (χ1n) is 12.2. The number of aromatic amines is 1. The minimum atomic E-state index is -0.287. The number of aryl methyl sites for hydroxylation is 1. The molecule has 1 unspecified atom stereocenters. The van der Waals surface area contributed by atoms with Crippen molar-refractivity contribution in [3.63, 3.8) is 0 Å². The van der Waals surface area contributed by atoms with Crippen LogP contribution in [0.3, 0.4) is 0 Å². The van der Waals surface area contributed by atoms with Crippen molar-refractivity contribution in [2.45, 2.75) is 46.3 Å². The van der Waals surface area contributed by atoms with Crippen molar-refractivity contribution in [1.82, 2.24) is 25.5 Å². The quantitative estimate of drug-likeness (QED) is 0.581. The summed E-state index contributed by atoms with van der Waals surface area (Å²) in [6.07, 6.45) is 6.24. The lowest BCUT2D eigenvalue weighted by Gasteiger charge is -2.36. The van der Waals surface area contributed by atoms with Crippen LogP contribution in [0.5, 0.6) is 0 Å². The van der Waals surface area contributed by atoms with E-state index < -0.39 is 0 Å². The fraction of sp³-hybridized carbons (Fsp3) is 0.370. The Morgan fingerprint density at radius 2 is 2.00 bits per heavy atom. The van der Waals surface area contributed by atoms with Gasteiger partial charge < -0.3 is 15.0 Å². The number of carbonyl (C=O) groups excluding carboxylic acids is 1. The van der Waals surface area contributed by atoms with Gasteiger partial charge in [-0.1, -0.05) is 6.92 Å². The zero-order valence-corrected chi connectivity index (χ0v) is 20.9. The summed E-state index contributed by atoms with van der Waals surface area (Å²) >= 11 is 0. The summed E-state index contributed by atoms with van der Waals surface area (Å²) in [5.74, 6) is 0.707. The molecular weight excluding hydrogens is 454 g/mol. The number of nitriles is 1. The van der Waals surface area contributed by atoms with Gasteiger partial charge in [0.05, 0.1) is 23.5 Å². The maximum atomic E-state index is 13.0. The summed E-state index contributed by atoms with van der Waals surface area (Å²) in [7, 11) is 0. The van der Waals surface area contributed by atoms with Gasteiger partial charge in [-0.15, -0.1) is 0 Å². The lowest BCUT2D eigenvalue weighted by molar-refractivity contribution is -0.00545. The number of nitrogens with zero attached hydrogens (tertiary/aromatic N) is 5. The predicted octanol–water partition coefficient (Wildman–Crippen LogP) is 3.62. The molecule has 0 spiro atoms. The highest BCUT2D eigenvalue weighted by molar-refractivity contribution is 5.95. The van der Waals surface area contributed by atoms with E-state index in [4.69, 9.17) is 10.00 Å². The van der Waals surface area contributed by atoms with Crippen LogP contribution in [0.15, 0.2) is 36.3 Å². The molecule has 1 amide bonds. The van der Waals surface area contributed by atoms with Crippen molar-refractivity contribution in [3.8, 4) is 17.3 Å². The second-order valence-corrected chi connectivity index (χ2v) is 9.69. The number of H-pyrrole nitrogens is 1. The average molecular weight is 484 g/mol. The highest BCUT2D eigenvalue weighted by atomic mass is 16.5. The van der Waals surface area contributed by atoms with E-state index in [9.17, 15) is 4.79 Å². The van der Waals surface area contributed by atoms with E-state index in [0.29, 0.717) is 16.8 Å². The second-order valence-electron chi connectivity index (χ2n) is 9.69. The summed E-state index contributed by atoms with van der Waals surface area (Å²) in [6, 6.07) is 7.75. The largest absolute Gasteiger partial charge is 0.372 e. The topological polar surface area (TPSA) is 120 Å². The number of aromatic nitrogens is 4. The monoisotopic (exact) mass is 483 g/mol. The maximum Gasteiger partial charge on any atom is 0.274 e. The van der Waals surface area contributed by atoms with Crippen molar-refractivity contribution < 1.29 is 9.53 Å². The standard InChI is InChI=1S/C27H29N7O2/c1-15-8-23-21(10-22(15)31-27(35)25-16(2)7-19(11-28)12-30-25)26(33-32-23)20-5-6-29-24(9-20)34-13-17(3)36-18(4)14-34/h5-7,9-10,12,15,17-18H,8,13-14H2,1-4H3,(H,31,35)(H,32,33)/t15?,17-,18+. The van der Waals surface area contributed by atoms with Crippen molar-refractivity contribution in [2.75, 3.05) is 18.0 Å². The van der Waals surface area contributed by atoms with E-state index in [0.717, 1.165) is 53.5 Å². The molecule has 3 atom stereocenters. The molecule has 1 saturated heterocycles. The molecule has 1 fully saturated rings. The number of allylic oxidation sites excluding steroid dienone is 1. The third kappa shape index (κ3) is 4.60. The van der Waals surface area contributed by atoms with E-state index >= 15 is 0 Å². The molecular formula is C27H29N7O2. The molecule has 3 aromatic rings. The molecule has 0 aromatic carbocycles. The van der Waals surface area contributed by atoms with Gasteiger partial charge in [0.15, 0.2) is 0 Å². The first kappa shape index (κ1) is 23.7. The van der Waals surface area contributed by atoms with E-state index in [1.807, 2.05) is 18.3 Å². The van der Waals surface area contributed by atoms with E-state index in [2.05, 4.69) is 63.3 Å². The first-order chi connectivity index (χ1) is 17.3. The Kier molecular flexibility index (Phi) is 6.29. The summed E-state index contributed by atoms with van der Waals surface area (Å²) in [5.41, 5.74) is 6.01. The van der Waals surface area contributed by atoms with Crippen LogP contribution in [-0.2, 0) is 11.2 Å². The lowest BCUT2D eigenvalue weighted by Crippen LogP contribution is -2.45. The van der Waals surface area contributed by atoms with Crippen LogP contribution in [0, 0.1) is 24.2 Å². The van der Waals surface area contributed by atoms with Gasteiger partial charge >= 0.3 is 0 Å². The van der Waals surface area contributed by atoms with E-state index in [1.165, 1.54) is 6.20 Å². The van der Waals surface area contributed by atoms with Crippen LogP contribution in [0.2, 0.25) is 0 Å². The normalized spacial score (nSPS) is 21.4.